The molecule has 2 nitrogen and oxygen atoms in total. The molecular weight excluding hydrogens is 208 g/mol. The summed E-state index contributed by atoms with van der Waals surface area (Å²) in [5.41, 5.74) is 4.90. The fourth-order valence-electron chi connectivity index (χ4n) is 4.18. The van der Waals surface area contributed by atoms with Gasteiger partial charge in [0.15, 0.2) is 0 Å². The van der Waals surface area contributed by atoms with Crippen molar-refractivity contribution in [3.8, 4) is 0 Å². The number of piperidine rings is 1. The molecule has 2 heteroatoms. The first kappa shape index (κ1) is 9.95. The highest BCUT2D eigenvalue weighted by molar-refractivity contribution is 5.53. The van der Waals surface area contributed by atoms with Crippen LogP contribution in [0.2, 0.25) is 0 Å². The highest BCUT2D eigenvalue weighted by Gasteiger charge is 2.41. The molecule has 4 aliphatic rings. The van der Waals surface area contributed by atoms with Crippen LogP contribution in [-0.2, 0) is 0 Å². The van der Waals surface area contributed by atoms with E-state index in [4.69, 9.17) is 0 Å². The number of allylic oxidation sites excluding steroid dienone is 1. The van der Waals surface area contributed by atoms with Crippen LogP contribution in [-0.4, -0.2) is 30.6 Å². The van der Waals surface area contributed by atoms with Gasteiger partial charge in [-0.2, -0.15) is 0 Å². The van der Waals surface area contributed by atoms with Crippen LogP contribution in [0.5, 0.6) is 0 Å². The van der Waals surface area contributed by atoms with E-state index in [-0.39, 0.29) is 0 Å². The number of likely N-dealkylation sites (tertiary alicyclic amines) is 1. The molecular formula is C15H20N2. The Morgan fingerprint density at radius 3 is 3.29 bits per heavy atom. The Morgan fingerprint density at radius 2 is 2.35 bits per heavy atom. The zero-order chi connectivity index (χ0) is 11.4. The molecule has 0 spiro atoms. The second kappa shape index (κ2) is 3.49. The second-order valence-corrected chi connectivity index (χ2v) is 5.90. The maximum absolute atomic E-state index is 3.56. The summed E-state index contributed by atoms with van der Waals surface area (Å²) in [6.07, 6.45) is 12.2. The van der Waals surface area contributed by atoms with Gasteiger partial charge >= 0.3 is 0 Å². The molecule has 1 saturated heterocycles. The summed E-state index contributed by atoms with van der Waals surface area (Å²) < 4.78 is 0. The highest BCUT2D eigenvalue weighted by Crippen LogP contribution is 2.46. The molecule has 0 aromatic rings. The second-order valence-electron chi connectivity index (χ2n) is 5.90. The number of fused-ring (bicyclic) bond motifs is 2. The topological polar surface area (TPSA) is 15.3 Å². The lowest BCUT2D eigenvalue weighted by Gasteiger charge is -2.45. The fourth-order valence-corrected chi connectivity index (χ4v) is 4.18. The lowest BCUT2D eigenvalue weighted by atomic mass is 9.70. The zero-order valence-electron chi connectivity index (χ0n) is 10.4. The van der Waals surface area contributed by atoms with Crippen LogP contribution in [0.1, 0.15) is 25.7 Å². The van der Waals surface area contributed by atoms with Crippen molar-refractivity contribution in [1.29, 1.82) is 0 Å². The Hall–Kier alpha value is -1.02. The molecule has 1 N–H and O–H groups in total. The van der Waals surface area contributed by atoms with Gasteiger partial charge in [0.25, 0.3) is 0 Å². The molecule has 2 heterocycles. The molecule has 0 amide bonds. The van der Waals surface area contributed by atoms with Gasteiger partial charge in [-0.1, -0.05) is 12.2 Å². The summed E-state index contributed by atoms with van der Waals surface area (Å²) in [7, 11) is 2.30. The SMILES string of the molecule is CN1CCCC2C3=C4C(=CNC4CC=C3)C[C@H]21. The molecule has 90 valence electrons. The van der Waals surface area contributed by atoms with Gasteiger partial charge in [0.2, 0.25) is 0 Å². The van der Waals surface area contributed by atoms with Crippen molar-refractivity contribution in [3.63, 3.8) is 0 Å². The van der Waals surface area contributed by atoms with Gasteiger partial charge in [-0.3, -0.25) is 0 Å². The summed E-state index contributed by atoms with van der Waals surface area (Å²) in [5.74, 6) is 0.792. The molecule has 4 rings (SSSR count). The smallest absolute Gasteiger partial charge is 0.0549 e. The molecule has 2 aliphatic carbocycles. The summed E-state index contributed by atoms with van der Waals surface area (Å²) in [4.78, 5) is 2.58. The summed E-state index contributed by atoms with van der Waals surface area (Å²) >= 11 is 0. The number of rotatable bonds is 0. The van der Waals surface area contributed by atoms with Crippen LogP contribution < -0.4 is 5.32 Å². The standard InChI is InChI=1S/C15H20N2/c1-17-7-3-5-11-12-4-2-6-13-15(12)10(9-16-13)8-14(11)17/h2,4,9,11,13-14,16H,3,5-8H2,1H3/t11?,13?,14-/m1/s1. The van der Waals surface area contributed by atoms with Crippen molar-refractivity contribution in [1.82, 2.24) is 10.2 Å². The van der Waals surface area contributed by atoms with Crippen molar-refractivity contribution < 1.29 is 0 Å². The summed E-state index contributed by atoms with van der Waals surface area (Å²) in [6.45, 7) is 1.28. The van der Waals surface area contributed by atoms with Gasteiger partial charge in [0.05, 0.1) is 6.04 Å². The predicted octanol–water partition coefficient (Wildman–Crippen LogP) is 2.21. The first-order chi connectivity index (χ1) is 8.34. The average molecular weight is 228 g/mol. The van der Waals surface area contributed by atoms with Gasteiger partial charge in [-0.05, 0) is 56.0 Å². The molecule has 3 atom stereocenters. The van der Waals surface area contributed by atoms with E-state index in [2.05, 4.69) is 35.6 Å². The van der Waals surface area contributed by atoms with Gasteiger partial charge in [-0.25, -0.2) is 0 Å². The third-order valence-electron chi connectivity index (χ3n) is 5.02. The Kier molecular flexibility index (Phi) is 2.04. The summed E-state index contributed by atoms with van der Waals surface area (Å²) in [5, 5.41) is 3.56. The molecule has 17 heavy (non-hydrogen) atoms. The van der Waals surface area contributed by atoms with Gasteiger partial charge in [0, 0.05) is 18.2 Å². The summed E-state index contributed by atoms with van der Waals surface area (Å²) in [6, 6.07) is 1.34. The maximum Gasteiger partial charge on any atom is 0.0549 e. The van der Waals surface area contributed by atoms with E-state index in [0.29, 0.717) is 6.04 Å². The molecule has 0 aromatic carbocycles. The van der Waals surface area contributed by atoms with Crippen LogP contribution in [0.4, 0.5) is 0 Å². The minimum absolute atomic E-state index is 0.596. The van der Waals surface area contributed by atoms with Crippen molar-refractivity contribution in [3.05, 3.63) is 35.1 Å². The van der Waals surface area contributed by atoms with Crippen molar-refractivity contribution in [2.45, 2.75) is 37.8 Å². The van der Waals surface area contributed by atoms with Crippen LogP contribution in [0, 0.1) is 5.92 Å². The Labute approximate surface area is 103 Å². The van der Waals surface area contributed by atoms with Gasteiger partial charge in [0.1, 0.15) is 0 Å². The van der Waals surface area contributed by atoms with Crippen molar-refractivity contribution in [2.75, 3.05) is 13.6 Å². The van der Waals surface area contributed by atoms with E-state index >= 15 is 0 Å². The zero-order valence-corrected chi connectivity index (χ0v) is 10.4. The van der Waals surface area contributed by atoms with Crippen LogP contribution in [0.3, 0.4) is 0 Å². The first-order valence-electron chi connectivity index (χ1n) is 6.91. The van der Waals surface area contributed by atoms with E-state index in [9.17, 15) is 0 Å². The normalized spacial score (nSPS) is 39.6. The quantitative estimate of drug-likeness (QED) is 0.684. The number of nitrogens with one attached hydrogen (secondary N) is 1. The number of hydrogen-bond acceptors (Lipinski definition) is 2. The first-order valence-corrected chi connectivity index (χ1v) is 6.91. The van der Waals surface area contributed by atoms with E-state index in [1.54, 1.807) is 16.7 Å². The molecule has 0 radical (unpaired) electrons. The van der Waals surface area contributed by atoms with Crippen LogP contribution in [0.25, 0.3) is 0 Å². The van der Waals surface area contributed by atoms with Crippen molar-refractivity contribution in [2.24, 2.45) is 5.92 Å². The third kappa shape index (κ3) is 1.30. The minimum atomic E-state index is 0.596. The third-order valence-corrected chi connectivity index (χ3v) is 5.02. The molecule has 0 bridgehead atoms. The van der Waals surface area contributed by atoms with Gasteiger partial charge in [-0.15, -0.1) is 0 Å². The maximum atomic E-state index is 3.56. The van der Waals surface area contributed by atoms with E-state index in [1.807, 2.05) is 0 Å². The largest absolute Gasteiger partial charge is 0.384 e. The molecule has 2 unspecified atom stereocenters. The number of hydrogen-bond donors (Lipinski definition) is 1. The Balaban J connectivity index is 1.82. The Bertz CT molecular complexity index is 444. The molecule has 1 fully saturated rings. The Morgan fingerprint density at radius 1 is 1.41 bits per heavy atom. The predicted molar refractivity (Wildman–Crippen MR) is 69.5 cm³/mol. The highest BCUT2D eigenvalue weighted by atomic mass is 15.1. The molecule has 0 aromatic heterocycles. The lowest BCUT2D eigenvalue weighted by Crippen LogP contribution is -2.46. The van der Waals surface area contributed by atoms with Crippen molar-refractivity contribution >= 4 is 0 Å². The number of nitrogens with zero attached hydrogens (tertiary/aromatic N) is 1. The monoisotopic (exact) mass is 228 g/mol. The van der Waals surface area contributed by atoms with Gasteiger partial charge < -0.3 is 10.2 Å². The molecule has 2 aliphatic heterocycles. The minimum Gasteiger partial charge on any atom is -0.384 e. The van der Waals surface area contributed by atoms with E-state index < -0.39 is 0 Å². The van der Waals surface area contributed by atoms with Crippen LogP contribution in [0.15, 0.2) is 35.1 Å². The fraction of sp³-hybridized carbons (Fsp3) is 0.600. The van der Waals surface area contributed by atoms with E-state index in [1.165, 1.54) is 32.2 Å². The lowest BCUT2D eigenvalue weighted by molar-refractivity contribution is 0.135. The van der Waals surface area contributed by atoms with E-state index in [0.717, 1.165) is 12.0 Å². The van der Waals surface area contributed by atoms with Crippen LogP contribution >= 0.6 is 0 Å². The molecule has 0 saturated carbocycles. The average Bonchev–Trinajstić information content (AvgIpc) is 2.76.